The van der Waals surface area contributed by atoms with E-state index in [1.807, 2.05) is 32.9 Å². The lowest BCUT2D eigenvalue weighted by atomic mass is 9.69. The molecule has 4 N–H and O–H groups in total. The summed E-state index contributed by atoms with van der Waals surface area (Å²) >= 11 is 0. The first-order chi connectivity index (χ1) is 9.66. The van der Waals surface area contributed by atoms with E-state index in [2.05, 4.69) is 19.2 Å². The predicted octanol–water partition coefficient (Wildman–Crippen LogP) is 1.53. The first kappa shape index (κ1) is 17.3. The Kier molecular flexibility index (Phi) is 5.64. The van der Waals surface area contributed by atoms with E-state index in [0.717, 1.165) is 16.9 Å². The maximum Gasteiger partial charge on any atom is 0.217 e. The van der Waals surface area contributed by atoms with Crippen LogP contribution in [0.3, 0.4) is 0 Å². The molecule has 1 amide bonds. The van der Waals surface area contributed by atoms with Gasteiger partial charge in [0.25, 0.3) is 0 Å². The Labute approximate surface area is 127 Å². The van der Waals surface area contributed by atoms with Crippen molar-refractivity contribution in [1.82, 2.24) is 5.32 Å². The van der Waals surface area contributed by atoms with Crippen molar-refractivity contribution in [3.05, 3.63) is 23.3 Å². The van der Waals surface area contributed by atoms with Crippen LogP contribution >= 0.6 is 0 Å². The minimum Gasteiger partial charge on any atom is -0.350 e. The molecule has 1 aliphatic carbocycles. The van der Waals surface area contributed by atoms with E-state index >= 15 is 0 Å². The van der Waals surface area contributed by atoms with E-state index in [0.29, 0.717) is 11.6 Å². The Hall–Kier alpha value is -1.71. The summed E-state index contributed by atoms with van der Waals surface area (Å²) < 4.78 is 0. The molecular formula is C17H28N3O+. The van der Waals surface area contributed by atoms with E-state index in [9.17, 15) is 4.79 Å². The van der Waals surface area contributed by atoms with Crippen molar-refractivity contribution >= 4 is 17.3 Å². The van der Waals surface area contributed by atoms with Crippen molar-refractivity contribution < 1.29 is 10.2 Å². The van der Waals surface area contributed by atoms with Crippen molar-refractivity contribution in [3.63, 3.8) is 0 Å². The summed E-state index contributed by atoms with van der Waals surface area (Å²) in [6.07, 6.45) is 3.80. The van der Waals surface area contributed by atoms with Crippen molar-refractivity contribution in [3.8, 4) is 0 Å². The zero-order valence-corrected chi connectivity index (χ0v) is 13.9. The molecule has 0 saturated heterocycles. The third-order valence-electron chi connectivity index (χ3n) is 4.13. The standard InChI is InChI=1S/C17H27N3O/c1-9(2)15(11(4)18)17-14(19)8-7-10(3)16(17)12(5)20-13(6)21/h7-9,12,15,17-19H,1-6H3,(H,20,21)/p+1/t12-,15?,17?/m0/s1. The van der Waals surface area contributed by atoms with Gasteiger partial charge in [0, 0.05) is 31.5 Å². The van der Waals surface area contributed by atoms with Gasteiger partial charge in [-0.05, 0) is 37.0 Å². The lowest BCUT2D eigenvalue weighted by Gasteiger charge is -2.35. The van der Waals surface area contributed by atoms with Gasteiger partial charge in [0.05, 0.1) is 5.92 Å². The van der Waals surface area contributed by atoms with Gasteiger partial charge in [-0.3, -0.25) is 10.2 Å². The van der Waals surface area contributed by atoms with E-state index in [1.54, 1.807) is 0 Å². The van der Waals surface area contributed by atoms with Crippen LogP contribution in [0.1, 0.15) is 41.5 Å². The largest absolute Gasteiger partial charge is 0.350 e. The zero-order chi connectivity index (χ0) is 16.3. The highest BCUT2D eigenvalue weighted by Gasteiger charge is 2.38. The Morgan fingerprint density at radius 3 is 2.29 bits per heavy atom. The second-order valence-corrected chi connectivity index (χ2v) is 6.34. The van der Waals surface area contributed by atoms with Crippen molar-refractivity contribution in [1.29, 1.82) is 5.41 Å². The molecular weight excluding hydrogens is 262 g/mol. The zero-order valence-electron chi connectivity index (χ0n) is 13.9. The molecule has 0 radical (unpaired) electrons. The average Bonchev–Trinajstić information content (AvgIpc) is 2.31. The Morgan fingerprint density at radius 2 is 1.86 bits per heavy atom. The normalized spacial score (nSPS) is 21.5. The molecule has 0 fully saturated rings. The number of hydrogen-bond donors (Lipinski definition) is 3. The summed E-state index contributed by atoms with van der Waals surface area (Å²) in [5.41, 5.74) is 3.62. The topological polar surface area (TPSA) is 78.5 Å². The first-order valence-corrected chi connectivity index (χ1v) is 7.50. The summed E-state index contributed by atoms with van der Waals surface area (Å²) in [4.78, 5) is 11.4. The fourth-order valence-corrected chi connectivity index (χ4v) is 3.38. The molecule has 4 nitrogen and oxygen atoms in total. The maximum absolute atomic E-state index is 11.4. The fourth-order valence-electron chi connectivity index (χ4n) is 3.38. The van der Waals surface area contributed by atoms with Crippen LogP contribution in [0.2, 0.25) is 0 Å². The number of rotatable bonds is 5. The second-order valence-electron chi connectivity index (χ2n) is 6.34. The van der Waals surface area contributed by atoms with Crippen molar-refractivity contribution in [2.45, 2.75) is 47.6 Å². The quantitative estimate of drug-likeness (QED) is 0.660. The molecule has 0 aromatic carbocycles. The van der Waals surface area contributed by atoms with Crippen LogP contribution in [0.15, 0.2) is 23.3 Å². The number of carbonyl (C=O) groups is 1. The smallest absolute Gasteiger partial charge is 0.217 e. The van der Waals surface area contributed by atoms with Gasteiger partial charge in [0.1, 0.15) is 5.71 Å². The molecule has 0 saturated carbocycles. The molecule has 1 aliphatic rings. The number of amides is 1. The summed E-state index contributed by atoms with van der Waals surface area (Å²) in [7, 11) is 0. The SMILES string of the molecule is CC(=[NH2+])C(C(C)C)C1C(=N)C=CC(C)=C1[C@H](C)NC(C)=O. The third kappa shape index (κ3) is 3.90. The summed E-state index contributed by atoms with van der Waals surface area (Å²) in [6.45, 7) is 11.7. The molecule has 3 atom stereocenters. The van der Waals surface area contributed by atoms with E-state index in [-0.39, 0.29) is 23.8 Å². The number of carbonyl (C=O) groups excluding carboxylic acids is 1. The second kappa shape index (κ2) is 6.83. The van der Waals surface area contributed by atoms with Crippen LogP contribution < -0.4 is 10.7 Å². The first-order valence-electron chi connectivity index (χ1n) is 7.50. The molecule has 4 heteroatoms. The maximum atomic E-state index is 11.4. The minimum atomic E-state index is -0.0987. The van der Waals surface area contributed by atoms with Crippen molar-refractivity contribution in [2.75, 3.05) is 0 Å². The van der Waals surface area contributed by atoms with Crippen LogP contribution in [0.4, 0.5) is 0 Å². The summed E-state index contributed by atoms with van der Waals surface area (Å²) in [6, 6.07) is -0.0987. The molecule has 0 aliphatic heterocycles. The van der Waals surface area contributed by atoms with Gasteiger partial charge in [-0.1, -0.05) is 19.9 Å². The van der Waals surface area contributed by atoms with Gasteiger partial charge < -0.3 is 10.7 Å². The Morgan fingerprint density at radius 1 is 1.29 bits per heavy atom. The highest BCUT2D eigenvalue weighted by Crippen LogP contribution is 2.35. The monoisotopic (exact) mass is 290 g/mol. The third-order valence-corrected chi connectivity index (χ3v) is 4.13. The van der Waals surface area contributed by atoms with Crippen LogP contribution in [-0.2, 0) is 4.79 Å². The Bertz CT molecular complexity index is 514. The van der Waals surface area contributed by atoms with Gasteiger partial charge in [-0.2, -0.15) is 0 Å². The molecule has 2 unspecified atom stereocenters. The summed E-state index contributed by atoms with van der Waals surface area (Å²) in [5, 5.41) is 17.4. The lowest BCUT2D eigenvalue weighted by Crippen LogP contribution is -2.50. The van der Waals surface area contributed by atoms with Gasteiger partial charge in [-0.25, -0.2) is 0 Å². The number of nitrogens with one attached hydrogen (secondary N) is 2. The number of allylic oxidation sites excluding steroid dienone is 3. The minimum absolute atomic E-state index is 0.0582. The predicted molar refractivity (Wildman–Crippen MR) is 87.3 cm³/mol. The van der Waals surface area contributed by atoms with Gasteiger partial charge >= 0.3 is 0 Å². The fraction of sp³-hybridized carbons (Fsp3) is 0.588. The van der Waals surface area contributed by atoms with Crippen LogP contribution in [0, 0.1) is 23.2 Å². The highest BCUT2D eigenvalue weighted by molar-refractivity contribution is 6.01. The van der Waals surface area contributed by atoms with E-state index in [4.69, 9.17) is 10.8 Å². The average molecular weight is 290 g/mol. The van der Waals surface area contributed by atoms with Gasteiger partial charge in [-0.15, -0.1) is 0 Å². The molecule has 0 aromatic heterocycles. The number of nitrogens with two attached hydrogens (primary N) is 1. The summed E-state index contributed by atoms with van der Waals surface area (Å²) in [5.74, 6) is 0.307. The van der Waals surface area contributed by atoms with E-state index in [1.165, 1.54) is 6.92 Å². The molecule has 0 aromatic rings. The van der Waals surface area contributed by atoms with Crippen LogP contribution in [-0.4, -0.2) is 23.4 Å². The van der Waals surface area contributed by atoms with Crippen molar-refractivity contribution in [2.24, 2.45) is 17.8 Å². The van der Waals surface area contributed by atoms with Crippen LogP contribution in [0.25, 0.3) is 0 Å². The molecule has 21 heavy (non-hydrogen) atoms. The van der Waals surface area contributed by atoms with E-state index < -0.39 is 0 Å². The molecule has 1 rings (SSSR count). The highest BCUT2D eigenvalue weighted by atomic mass is 16.1. The Balaban J connectivity index is 3.31. The molecule has 0 heterocycles. The van der Waals surface area contributed by atoms with Gasteiger partial charge in [0.2, 0.25) is 5.91 Å². The molecule has 116 valence electrons. The lowest BCUT2D eigenvalue weighted by molar-refractivity contribution is -0.122. The van der Waals surface area contributed by atoms with Crippen LogP contribution in [0.5, 0.6) is 0 Å². The number of hydrogen-bond acceptors (Lipinski definition) is 2. The molecule has 0 bridgehead atoms. The van der Waals surface area contributed by atoms with Gasteiger partial charge in [0.15, 0.2) is 0 Å². The molecule has 0 spiro atoms.